The second-order valence-electron chi connectivity index (χ2n) is 9.57. The Morgan fingerprint density at radius 1 is 0.556 bits per heavy atom. The fraction of sp³-hybridized carbons (Fsp3) is 1.00. The van der Waals surface area contributed by atoms with E-state index < -0.39 is 0 Å². The van der Waals surface area contributed by atoms with Crippen LogP contribution in [0.5, 0.6) is 0 Å². The van der Waals surface area contributed by atoms with Crippen molar-refractivity contribution in [3.05, 3.63) is 0 Å². The normalized spacial score (nSPS) is 14.2. The Balaban J connectivity index is 4.60. The standard InChI is InChI=1S/C26H55N/c1-7-11-14-20-26(17-9-3)23-27(21-16-13-15-18-24(5)6)22-25(10-4)19-12-8-2/h24-26H,7-23H2,1-6H3. The van der Waals surface area contributed by atoms with Crippen molar-refractivity contribution in [3.8, 4) is 0 Å². The van der Waals surface area contributed by atoms with Crippen LogP contribution in [0, 0.1) is 17.8 Å². The van der Waals surface area contributed by atoms with Crippen LogP contribution in [0.3, 0.4) is 0 Å². The van der Waals surface area contributed by atoms with Gasteiger partial charge in [0.15, 0.2) is 0 Å². The second-order valence-corrected chi connectivity index (χ2v) is 9.57. The summed E-state index contributed by atoms with van der Waals surface area (Å²) in [5.74, 6) is 2.71. The molecule has 0 N–H and O–H groups in total. The van der Waals surface area contributed by atoms with Gasteiger partial charge in [-0.2, -0.15) is 0 Å². The molecule has 0 heterocycles. The Kier molecular flexibility index (Phi) is 19.3. The molecule has 0 spiro atoms. The summed E-state index contributed by atoms with van der Waals surface area (Å²) in [5.41, 5.74) is 0. The molecule has 0 aromatic heterocycles. The molecule has 0 rings (SSSR count). The second kappa shape index (κ2) is 19.3. The maximum absolute atomic E-state index is 2.88. The van der Waals surface area contributed by atoms with E-state index in [4.69, 9.17) is 0 Å². The minimum Gasteiger partial charge on any atom is -0.303 e. The summed E-state index contributed by atoms with van der Waals surface area (Å²) in [6.45, 7) is 18.2. The summed E-state index contributed by atoms with van der Waals surface area (Å²) in [6.07, 6.45) is 19.7. The van der Waals surface area contributed by atoms with Crippen LogP contribution < -0.4 is 0 Å². The molecule has 1 nitrogen and oxygen atoms in total. The van der Waals surface area contributed by atoms with Gasteiger partial charge in [-0.1, -0.05) is 106 Å². The first-order valence-corrected chi connectivity index (χ1v) is 12.8. The number of nitrogens with zero attached hydrogens (tertiary/aromatic N) is 1. The zero-order valence-corrected chi connectivity index (χ0v) is 20.2. The molecule has 0 aromatic carbocycles. The first kappa shape index (κ1) is 27.0. The minimum absolute atomic E-state index is 0.868. The van der Waals surface area contributed by atoms with Gasteiger partial charge in [0.25, 0.3) is 0 Å². The number of hydrogen-bond donors (Lipinski definition) is 0. The summed E-state index contributed by atoms with van der Waals surface area (Å²) < 4.78 is 0. The Bertz CT molecular complexity index is 286. The Morgan fingerprint density at radius 2 is 1.19 bits per heavy atom. The summed E-state index contributed by atoms with van der Waals surface area (Å²) in [4.78, 5) is 2.88. The van der Waals surface area contributed by atoms with Crippen LogP contribution in [0.25, 0.3) is 0 Å². The van der Waals surface area contributed by atoms with Crippen LogP contribution in [0.4, 0.5) is 0 Å². The van der Waals surface area contributed by atoms with E-state index >= 15 is 0 Å². The summed E-state index contributed by atoms with van der Waals surface area (Å²) in [5, 5.41) is 0. The molecule has 0 aliphatic carbocycles. The van der Waals surface area contributed by atoms with E-state index in [9.17, 15) is 0 Å². The van der Waals surface area contributed by atoms with Crippen molar-refractivity contribution >= 4 is 0 Å². The molecule has 2 unspecified atom stereocenters. The van der Waals surface area contributed by atoms with Crippen LogP contribution in [0.2, 0.25) is 0 Å². The molecule has 0 radical (unpaired) electrons. The summed E-state index contributed by atoms with van der Waals surface area (Å²) in [7, 11) is 0. The van der Waals surface area contributed by atoms with Crippen molar-refractivity contribution in [1.82, 2.24) is 4.90 Å². The van der Waals surface area contributed by atoms with E-state index in [2.05, 4.69) is 46.4 Å². The molecule has 2 atom stereocenters. The van der Waals surface area contributed by atoms with Crippen LogP contribution >= 0.6 is 0 Å². The zero-order valence-electron chi connectivity index (χ0n) is 20.2. The SMILES string of the molecule is CCCCCC(CCC)CN(CCCCCC(C)C)CC(CC)CCCC. The molecule has 0 saturated carbocycles. The lowest BCUT2D eigenvalue weighted by Gasteiger charge is -2.31. The van der Waals surface area contributed by atoms with Gasteiger partial charge in [0.05, 0.1) is 0 Å². The number of unbranched alkanes of at least 4 members (excludes halogenated alkanes) is 5. The molecular formula is C26H55N. The number of rotatable bonds is 20. The van der Waals surface area contributed by atoms with Crippen LogP contribution in [-0.2, 0) is 0 Å². The Hall–Kier alpha value is -0.0400. The molecule has 0 aromatic rings. The summed E-state index contributed by atoms with van der Waals surface area (Å²) in [6, 6.07) is 0. The predicted molar refractivity (Wildman–Crippen MR) is 126 cm³/mol. The largest absolute Gasteiger partial charge is 0.303 e. The lowest BCUT2D eigenvalue weighted by atomic mass is 9.94. The van der Waals surface area contributed by atoms with Crippen LogP contribution in [0.1, 0.15) is 131 Å². The highest BCUT2D eigenvalue weighted by Crippen LogP contribution is 2.21. The topological polar surface area (TPSA) is 3.24 Å². The van der Waals surface area contributed by atoms with Crippen molar-refractivity contribution in [2.45, 2.75) is 131 Å². The van der Waals surface area contributed by atoms with E-state index in [-0.39, 0.29) is 0 Å². The molecular weight excluding hydrogens is 326 g/mol. The van der Waals surface area contributed by atoms with Crippen molar-refractivity contribution in [2.24, 2.45) is 17.8 Å². The Morgan fingerprint density at radius 3 is 1.78 bits per heavy atom. The smallest absolute Gasteiger partial charge is 0.000977 e. The summed E-state index contributed by atoms with van der Waals surface area (Å²) >= 11 is 0. The van der Waals surface area contributed by atoms with Gasteiger partial charge in [0.1, 0.15) is 0 Å². The van der Waals surface area contributed by atoms with Crippen molar-refractivity contribution in [2.75, 3.05) is 19.6 Å². The van der Waals surface area contributed by atoms with Crippen molar-refractivity contribution in [3.63, 3.8) is 0 Å². The third kappa shape index (κ3) is 16.6. The lowest BCUT2D eigenvalue weighted by Crippen LogP contribution is -2.35. The Labute approximate surface area is 174 Å². The lowest BCUT2D eigenvalue weighted by molar-refractivity contribution is 0.175. The highest BCUT2D eigenvalue weighted by molar-refractivity contribution is 4.71. The molecule has 0 aliphatic heterocycles. The highest BCUT2D eigenvalue weighted by atomic mass is 15.1. The maximum atomic E-state index is 2.88. The molecule has 1 heteroatoms. The first-order chi connectivity index (χ1) is 13.1. The average Bonchev–Trinajstić information content (AvgIpc) is 2.64. The molecule has 0 amide bonds. The van der Waals surface area contributed by atoms with Crippen LogP contribution in [0.15, 0.2) is 0 Å². The molecule has 0 bridgehead atoms. The van der Waals surface area contributed by atoms with E-state index in [0.717, 1.165) is 17.8 Å². The van der Waals surface area contributed by atoms with Gasteiger partial charge >= 0.3 is 0 Å². The maximum Gasteiger partial charge on any atom is 0.000977 e. The van der Waals surface area contributed by atoms with Gasteiger partial charge in [-0.05, 0) is 50.0 Å². The van der Waals surface area contributed by atoms with Gasteiger partial charge in [-0.15, -0.1) is 0 Å². The van der Waals surface area contributed by atoms with E-state index in [0.29, 0.717) is 0 Å². The third-order valence-corrected chi connectivity index (χ3v) is 6.24. The molecule has 27 heavy (non-hydrogen) atoms. The molecule has 0 saturated heterocycles. The quantitative estimate of drug-likeness (QED) is 0.190. The van der Waals surface area contributed by atoms with Crippen molar-refractivity contribution < 1.29 is 0 Å². The fourth-order valence-corrected chi connectivity index (χ4v) is 4.39. The zero-order chi connectivity index (χ0) is 20.3. The van der Waals surface area contributed by atoms with E-state index in [1.54, 1.807) is 0 Å². The highest BCUT2D eigenvalue weighted by Gasteiger charge is 2.17. The molecule has 0 aliphatic rings. The minimum atomic E-state index is 0.868. The van der Waals surface area contributed by atoms with E-state index in [1.165, 1.54) is 110 Å². The first-order valence-electron chi connectivity index (χ1n) is 12.8. The van der Waals surface area contributed by atoms with Crippen molar-refractivity contribution in [1.29, 1.82) is 0 Å². The fourth-order valence-electron chi connectivity index (χ4n) is 4.39. The van der Waals surface area contributed by atoms with Gasteiger partial charge < -0.3 is 4.90 Å². The molecule has 164 valence electrons. The van der Waals surface area contributed by atoms with E-state index in [1.807, 2.05) is 0 Å². The van der Waals surface area contributed by atoms with Gasteiger partial charge in [-0.25, -0.2) is 0 Å². The van der Waals surface area contributed by atoms with Gasteiger partial charge in [0.2, 0.25) is 0 Å². The number of hydrogen-bond acceptors (Lipinski definition) is 1. The van der Waals surface area contributed by atoms with Gasteiger partial charge in [-0.3, -0.25) is 0 Å². The third-order valence-electron chi connectivity index (χ3n) is 6.24. The predicted octanol–water partition coefficient (Wildman–Crippen LogP) is 8.72. The van der Waals surface area contributed by atoms with Crippen LogP contribution in [-0.4, -0.2) is 24.5 Å². The average molecular weight is 382 g/mol. The monoisotopic (exact) mass is 381 g/mol. The molecule has 0 fully saturated rings. The van der Waals surface area contributed by atoms with Gasteiger partial charge in [0, 0.05) is 13.1 Å².